The second-order valence-corrected chi connectivity index (χ2v) is 5.52. The molecular formula is C18H23NO2. The predicted molar refractivity (Wildman–Crippen MR) is 85.8 cm³/mol. The number of hydrogen-bond acceptors (Lipinski definition) is 3. The highest BCUT2D eigenvalue weighted by Crippen LogP contribution is 2.30. The van der Waals surface area contributed by atoms with Crippen molar-refractivity contribution in [2.75, 3.05) is 13.7 Å². The third kappa shape index (κ3) is 3.63. The third-order valence-electron chi connectivity index (χ3n) is 3.70. The summed E-state index contributed by atoms with van der Waals surface area (Å²) >= 11 is 0. The molecule has 3 nitrogen and oxygen atoms in total. The Kier molecular flexibility index (Phi) is 4.99. The van der Waals surface area contributed by atoms with Crippen LogP contribution in [0, 0.1) is 13.8 Å². The van der Waals surface area contributed by atoms with E-state index in [0.717, 1.165) is 16.9 Å². The first-order valence-corrected chi connectivity index (χ1v) is 7.13. The average molecular weight is 285 g/mol. The molecule has 2 rings (SSSR count). The standard InChI is InChI=1S/C18H23NO2/c1-12-7-13(2)9-15(8-12)18(17(19)11-20)14-5-4-6-16(10-14)21-3/h4-10,17-18,20H,11,19H2,1-3H3/t17-,18-/m1/s1. The topological polar surface area (TPSA) is 55.5 Å². The number of aryl methyl sites for hydroxylation is 2. The quantitative estimate of drug-likeness (QED) is 0.888. The monoisotopic (exact) mass is 285 g/mol. The van der Waals surface area contributed by atoms with Crippen molar-refractivity contribution in [2.24, 2.45) is 5.73 Å². The van der Waals surface area contributed by atoms with Gasteiger partial charge in [-0.3, -0.25) is 0 Å². The Morgan fingerprint density at radius 3 is 2.29 bits per heavy atom. The first-order valence-electron chi connectivity index (χ1n) is 7.13. The van der Waals surface area contributed by atoms with Crippen LogP contribution in [0.5, 0.6) is 5.75 Å². The molecule has 0 spiro atoms. The van der Waals surface area contributed by atoms with Crippen molar-refractivity contribution in [1.29, 1.82) is 0 Å². The third-order valence-corrected chi connectivity index (χ3v) is 3.70. The maximum atomic E-state index is 9.54. The van der Waals surface area contributed by atoms with Crippen molar-refractivity contribution in [3.63, 3.8) is 0 Å². The summed E-state index contributed by atoms with van der Waals surface area (Å²) in [6, 6.07) is 13.9. The van der Waals surface area contributed by atoms with E-state index in [1.54, 1.807) is 7.11 Å². The van der Waals surface area contributed by atoms with Crippen LogP contribution in [-0.4, -0.2) is 24.9 Å². The summed E-state index contributed by atoms with van der Waals surface area (Å²) in [6.45, 7) is 4.09. The van der Waals surface area contributed by atoms with Gasteiger partial charge in [0, 0.05) is 12.0 Å². The van der Waals surface area contributed by atoms with Crippen molar-refractivity contribution < 1.29 is 9.84 Å². The van der Waals surface area contributed by atoms with Crippen LogP contribution < -0.4 is 10.5 Å². The van der Waals surface area contributed by atoms with Gasteiger partial charge in [-0.2, -0.15) is 0 Å². The molecule has 0 bridgehead atoms. The first-order chi connectivity index (χ1) is 10.0. The molecule has 2 aromatic carbocycles. The number of rotatable bonds is 5. The smallest absolute Gasteiger partial charge is 0.119 e. The van der Waals surface area contributed by atoms with Gasteiger partial charge in [0.15, 0.2) is 0 Å². The number of hydrogen-bond donors (Lipinski definition) is 2. The molecule has 2 atom stereocenters. The highest BCUT2D eigenvalue weighted by Gasteiger charge is 2.22. The number of ether oxygens (including phenoxy) is 1. The molecule has 3 N–H and O–H groups in total. The van der Waals surface area contributed by atoms with Gasteiger partial charge >= 0.3 is 0 Å². The SMILES string of the molecule is COc1cccc([C@H](c2cc(C)cc(C)c2)[C@H](N)CO)c1. The summed E-state index contributed by atoms with van der Waals surface area (Å²) in [7, 11) is 1.65. The van der Waals surface area contributed by atoms with Crippen LogP contribution in [0.4, 0.5) is 0 Å². The van der Waals surface area contributed by atoms with E-state index in [1.807, 2.05) is 24.3 Å². The molecule has 0 saturated heterocycles. The summed E-state index contributed by atoms with van der Waals surface area (Å²) in [5.74, 6) is 0.746. The lowest BCUT2D eigenvalue weighted by Crippen LogP contribution is -2.32. The van der Waals surface area contributed by atoms with Crippen LogP contribution in [0.1, 0.15) is 28.2 Å². The average Bonchev–Trinajstić information content (AvgIpc) is 2.46. The molecule has 3 heteroatoms. The molecule has 0 aliphatic carbocycles. The fourth-order valence-electron chi connectivity index (χ4n) is 2.82. The highest BCUT2D eigenvalue weighted by molar-refractivity contribution is 5.41. The number of benzene rings is 2. The van der Waals surface area contributed by atoms with E-state index in [1.165, 1.54) is 11.1 Å². The maximum absolute atomic E-state index is 9.54. The van der Waals surface area contributed by atoms with Crippen molar-refractivity contribution in [3.8, 4) is 5.75 Å². The molecular weight excluding hydrogens is 262 g/mol. The van der Waals surface area contributed by atoms with Gasteiger partial charge in [-0.15, -0.1) is 0 Å². The van der Waals surface area contributed by atoms with E-state index >= 15 is 0 Å². The number of aliphatic hydroxyl groups is 1. The number of nitrogens with two attached hydrogens (primary N) is 1. The Hall–Kier alpha value is -1.84. The summed E-state index contributed by atoms with van der Waals surface area (Å²) < 4.78 is 5.30. The zero-order valence-electron chi connectivity index (χ0n) is 12.8. The van der Waals surface area contributed by atoms with Crippen molar-refractivity contribution in [2.45, 2.75) is 25.8 Å². The Balaban J connectivity index is 2.51. The minimum Gasteiger partial charge on any atom is -0.497 e. The van der Waals surface area contributed by atoms with Crippen LogP contribution in [0.15, 0.2) is 42.5 Å². The van der Waals surface area contributed by atoms with E-state index in [0.29, 0.717) is 0 Å². The van der Waals surface area contributed by atoms with Gasteiger partial charge < -0.3 is 15.6 Å². The second kappa shape index (κ2) is 6.74. The van der Waals surface area contributed by atoms with Gasteiger partial charge in [-0.25, -0.2) is 0 Å². The van der Waals surface area contributed by atoms with Gasteiger partial charge in [0.1, 0.15) is 5.75 Å². The summed E-state index contributed by atoms with van der Waals surface area (Å²) in [6.07, 6.45) is 0. The lowest BCUT2D eigenvalue weighted by molar-refractivity contribution is 0.256. The fourth-order valence-corrected chi connectivity index (χ4v) is 2.82. The summed E-state index contributed by atoms with van der Waals surface area (Å²) in [4.78, 5) is 0. The Bertz CT molecular complexity index is 590. The van der Waals surface area contributed by atoms with Crippen molar-refractivity contribution in [3.05, 3.63) is 64.7 Å². The van der Waals surface area contributed by atoms with Crippen molar-refractivity contribution in [1.82, 2.24) is 0 Å². The van der Waals surface area contributed by atoms with E-state index in [9.17, 15) is 5.11 Å². The summed E-state index contributed by atoms with van der Waals surface area (Å²) in [5.41, 5.74) is 10.8. The molecule has 21 heavy (non-hydrogen) atoms. The largest absolute Gasteiger partial charge is 0.497 e. The van der Waals surface area contributed by atoms with Crippen LogP contribution in [0.25, 0.3) is 0 Å². The van der Waals surface area contributed by atoms with Crippen LogP contribution in [0.2, 0.25) is 0 Å². The second-order valence-electron chi connectivity index (χ2n) is 5.52. The van der Waals surface area contributed by atoms with Gasteiger partial charge in [-0.1, -0.05) is 41.5 Å². The van der Waals surface area contributed by atoms with E-state index in [4.69, 9.17) is 10.5 Å². The number of aliphatic hydroxyl groups excluding tert-OH is 1. The Morgan fingerprint density at radius 1 is 1.05 bits per heavy atom. The zero-order chi connectivity index (χ0) is 15.4. The molecule has 0 aliphatic rings. The van der Waals surface area contributed by atoms with Crippen LogP contribution >= 0.6 is 0 Å². The fraction of sp³-hybridized carbons (Fsp3) is 0.333. The number of methoxy groups -OCH3 is 1. The minimum atomic E-state index is -0.349. The Morgan fingerprint density at radius 2 is 1.71 bits per heavy atom. The van der Waals surface area contributed by atoms with Crippen LogP contribution in [0.3, 0.4) is 0 Å². The van der Waals surface area contributed by atoms with Crippen LogP contribution in [-0.2, 0) is 0 Å². The molecule has 0 aromatic heterocycles. The molecule has 0 radical (unpaired) electrons. The first kappa shape index (κ1) is 15.5. The lowest BCUT2D eigenvalue weighted by Gasteiger charge is -2.24. The maximum Gasteiger partial charge on any atom is 0.119 e. The highest BCUT2D eigenvalue weighted by atomic mass is 16.5. The van der Waals surface area contributed by atoms with E-state index < -0.39 is 0 Å². The van der Waals surface area contributed by atoms with Crippen molar-refractivity contribution >= 4 is 0 Å². The molecule has 0 amide bonds. The summed E-state index contributed by atoms with van der Waals surface area (Å²) in [5, 5.41) is 9.54. The molecule has 2 aromatic rings. The van der Waals surface area contributed by atoms with Gasteiger partial charge in [0.2, 0.25) is 0 Å². The molecule has 0 fully saturated rings. The molecule has 0 unspecified atom stereocenters. The molecule has 0 saturated carbocycles. The lowest BCUT2D eigenvalue weighted by atomic mass is 9.84. The normalized spacial score (nSPS) is 13.8. The minimum absolute atomic E-state index is 0.0521. The zero-order valence-corrected chi connectivity index (χ0v) is 12.8. The van der Waals surface area contributed by atoms with E-state index in [2.05, 4.69) is 32.0 Å². The molecule has 112 valence electrons. The molecule has 0 aliphatic heterocycles. The predicted octanol–water partition coefficient (Wildman–Crippen LogP) is 2.76. The Labute approximate surface area is 126 Å². The van der Waals surface area contributed by atoms with E-state index in [-0.39, 0.29) is 18.6 Å². The van der Waals surface area contributed by atoms with Gasteiger partial charge in [0.05, 0.1) is 13.7 Å². The van der Waals surface area contributed by atoms with Gasteiger partial charge in [0.25, 0.3) is 0 Å². The van der Waals surface area contributed by atoms with Gasteiger partial charge in [-0.05, 0) is 37.1 Å². The molecule has 0 heterocycles.